The quantitative estimate of drug-likeness (QED) is 0.737. The van der Waals surface area contributed by atoms with Crippen LogP contribution in [0.5, 0.6) is 0 Å². The third-order valence-corrected chi connectivity index (χ3v) is 2.16. The Morgan fingerprint density at radius 2 is 2.42 bits per heavy atom. The summed E-state index contributed by atoms with van der Waals surface area (Å²) in [5.74, 6) is 0. The van der Waals surface area contributed by atoms with E-state index in [9.17, 15) is 0 Å². The summed E-state index contributed by atoms with van der Waals surface area (Å²) in [6.07, 6.45) is 0. The van der Waals surface area contributed by atoms with E-state index in [4.69, 9.17) is 5.11 Å². The highest BCUT2D eigenvalue weighted by atomic mass is 32.1. The number of nitrogens with one attached hydrogen (secondary N) is 1. The third kappa shape index (κ3) is 2.75. The van der Waals surface area contributed by atoms with Crippen LogP contribution in [0.4, 0.5) is 5.13 Å². The van der Waals surface area contributed by atoms with Crippen LogP contribution in [0, 0.1) is 5.41 Å². The number of aliphatic hydroxyl groups excluding tert-OH is 1. The standard InChI is InChI=1S/C7H13N3OS/c1-7(2,4-11)3-8-6-10-9-5-12-6/h5,11H,3-4H2,1-2H3,(H,8,10). The molecule has 12 heavy (non-hydrogen) atoms. The summed E-state index contributed by atoms with van der Waals surface area (Å²) >= 11 is 1.46. The summed E-state index contributed by atoms with van der Waals surface area (Å²) in [4.78, 5) is 0. The van der Waals surface area contributed by atoms with Crippen molar-refractivity contribution < 1.29 is 5.11 Å². The van der Waals surface area contributed by atoms with E-state index >= 15 is 0 Å². The molecule has 0 aromatic carbocycles. The number of hydrogen-bond donors (Lipinski definition) is 2. The topological polar surface area (TPSA) is 58.0 Å². The Kier molecular flexibility index (Phi) is 2.99. The molecule has 0 spiro atoms. The molecule has 0 atom stereocenters. The fourth-order valence-corrected chi connectivity index (χ4v) is 1.06. The van der Waals surface area contributed by atoms with Crippen LogP contribution in [0.15, 0.2) is 5.51 Å². The second-order valence-corrected chi connectivity index (χ2v) is 4.25. The molecular formula is C7H13N3OS. The molecule has 0 saturated carbocycles. The first-order valence-electron chi connectivity index (χ1n) is 3.75. The van der Waals surface area contributed by atoms with Gasteiger partial charge in [0.15, 0.2) is 0 Å². The summed E-state index contributed by atoms with van der Waals surface area (Å²) in [6, 6.07) is 0. The zero-order chi connectivity index (χ0) is 9.03. The SMILES string of the molecule is CC(C)(CO)CNc1nncs1. The van der Waals surface area contributed by atoms with Gasteiger partial charge in [-0.25, -0.2) is 0 Å². The first-order valence-corrected chi connectivity index (χ1v) is 4.63. The molecule has 0 aliphatic heterocycles. The minimum absolute atomic E-state index is 0.105. The van der Waals surface area contributed by atoms with Gasteiger partial charge in [0, 0.05) is 18.6 Å². The largest absolute Gasteiger partial charge is 0.396 e. The lowest BCUT2D eigenvalue weighted by molar-refractivity contribution is 0.171. The molecule has 0 unspecified atom stereocenters. The number of hydrogen-bond acceptors (Lipinski definition) is 5. The Labute approximate surface area is 75.6 Å². The molecule has 0 saturated heterocycles. The summed E-state index contributed by atoms with van der Waals surface area (Å²) in [7, 11) is 0. The van der Waals surface area contributed by atoms with Gasteiger partial charge in [0.2, 0.25) is 5.13 Å². The summed E-state index contributed by atoms with van der Waals surface area (Å²) in [6.45, 7) is 4.85. The van der Waals surface area contributed by atoms with Crippen molar-refractivity contribution in [3.63, 3.8) is 0 Å². The molecule has 0 aliphatic rings. The maximum atomic E-state index is 8.95. The molecular weight excluding hydrogens is 174 g/mol. The average Bonchev–Trinajstić information content (AvgIpc) is 2.53. The van der Waals surface area contributed by atoms with Gasteiger partial charge >= 0.3 is 0 Å². The van der Waals surface area contributed by atoms with Gasteiger partial charge < -0.3 is 10.4 Å². The van der Waals surface area contributed by atoms with Crippen LogP contribution in [0.25, 0.3) is 0 Å². The number of rotatable bonds is 4. The van der Waals surface area contributed by atoms with Crippen LogP contribution >= 0.6 is 11.3 Å². The normalized spacial score (nSPS) is 11.6. The van der Waals surface area contributed by atoms with Crippen molar-refractivity contribution in [2.45, 2.75) is 13.8 Å². The lowest BCUT2D eigenvalue weighted by Crippen LogP contribution is -2.26. The minimum atomic E-state index is -0.105. The van der Waals surface area contributed by atoms with E-state index in [2.05, 4.69) is 15.5 Å². The van der Waals surface area contributed by atoms with Crippen molar-refractivity contribution in [2.75, 3.05) is 18.5 Å². The Bertz CT molecular complexity index is 223. The van der Waals surface area contributed by atoms with E-state index in [-0.39, 0.29) is 12.0 Å². The molecule has 4 nitrogen and oxygen atoms in total. The van der Waals surface area contributed by atoms with Crippen molar-refractivity contribution in [1.29, 1.82) is 0 Å². The summed E-state index contributed by atoms with van der Waals surface area (Å²) < 4.78 is 0. The lowest BCUT2D eigenvalue weighted by Gasteiger charge is -2.21. The highest BCUT2D eigenvalue weighted by Crippen LogP contribution is 2.16. The van der Waals surface area contributed by atoms with Crippen molar-refractivity contribution >= 4 is 16.5 Å². The highest BCUT2D eigenvalue weighted by molar-refractivity contribution is 7.13. The monoisotopic (exact) mass is 187 g/mol. The second kappa shape index (κ2) is 3.82. The van der Waals surface area contributed by atoms with Gasteiger partial charge in [-0.05, 0) is 0 Å². The molecule has 68 valence electrons. The molecule has 0 radical (unpaired) electrons. The van der Waals surface area contributed by atoms with E-state index in [0.717, 1.165) is 5.13 Å². The van der Waals surface area contributed by atoms with Gasteiger partial charge in [-0.2, -0.15) is 0 Å². The first-order chi connectivity index (χ1) is 5.64. The molecule has 1 aromatic rings. The first kappa shape index (κ1) is 9.41. The van der Waals surface area contributed by atoms with Crippen LogP contribution in [0.2, 0.25) is 0 Å². The number of aliphatic hydroxyl groups is 1. The van der Waals surface area contributed by atoms with Gasteiger partial charge in [0.05, 0.1) is 0 Å². The smallest absolute Gasteiger partial charge is 0.205 e. The van der Waals surface area contributed by atoms with Gasteiger partial charge in [-0.3, -0.25) is 0 Å². The van der Waals surface area contributed by atoms with Crippen molar-refractivity contribution in [2.24, 2.45) is 5.41 Å². The van der Waals surface area contributed by atoms with Gasteiger partial charge in [-0.15, -0.1) is 10.2 Å². The predicted octanol–water partition coefficient (Wildman–Crippen LogP) is 0.968. The number of anilines is 1. The molecule has 2 N–H and O–H groups in total. The molecule has 0 amide bonds. The van der Waals surface area contributed by atoms with Crippen LogP contribution in [0.1, 0.15) is 13.8 Å². The Morgan fingerprint density at radius 3 is 2.92 bits per heavy atom. The summed E-state index contributed by atoms with van der Waals surface area (Å²) in [5.41, 5.74) is 1.57. The second-order valence-electron chi connectivity index (χ2n) is 3.42. The van der Waals surface area contributed by atoms with E-state index in [1.165, 1.54) is 11.3 Å². The average molecular weight is 187 g/mol. The molecule has 0 fully saturated rings. The van der Waals surface area contributed by atoms with Crippen LogP contribution in [-0.4, -0.2) is 28.5 Å². The van der Waals surface area contributed by atoms with E-state index < -0.39 is 0 Å². The van der Waals surface area contributed by atoms with Crippen LogP contribution in [-0.2, 0) is 0 Å². The molecule has 5 heteroatoms. The lowest BCUT2D eigenvalue weighted by atomic mass is 9.95. The zero-order valence-corrected chi connectivity index (χ0v) is 8.06. The predicted molar refractivity (Wildman–Crippen MR) is 49.3 cm³/mol. The van der Waals surface area contributed by atoms with Crippen molar-refractivity contribution in [3.05, 3.63) is 5.51 Å². The van der Waals surface area contributed by atoms with Gasteiger partial charge in [-0.1, -0.05) is 25.2 Å². The minimum Gasteiger partial charge on any atom is -0.396 e. The number of aromatic nitrogens is 2. The van der Waals surface area contributed by atoms with Crippen LogP contribution < -0.4 is 5.32 Å². The molecule has 1 rings (SSSR count). The highest BCUT2D eigenvalue weighted by Gasteiger charge is 2.16. The fraction of sp³-hybridized carbons (Fsp3) is 0.714. The van der Waals surface area contributed by atoms with Crippen LogP contribution in [0.3, 0.4) is 0 Å². The third-order valence-electron chi connectivity index (χ3n) is 1.51. The summed E-state index contributed by atoms with van der Waals surface area (Å²) in [5, 5.41) is 20.4. The molecule has 1 heterocycles. The maximum Gasteiger partial charge on any atom is 0.205 e. The Balaban J connectivity index is 2.36. The zero-order valence-electron chi connectivity index (χ0n) is 7.24. The Hall–Kier alpha value is -0.680. The van der Waals surface area contributed by atoms with Gasteiger partial charge in [0.25, 0.3) is 0 Å². The van der Waals surface area contributed by atoms with Crippen molar-refractivity contribution in [3.8, 4) is 0 Å². The fourth-order valence-electron chi connectivity index (χ4n) is 0.621. The Morgan fingerprint density at radius 1 is 1.67 bits per heavy atom. The molecule has 0 bridgehead atoms. The van der Waals surface area contributed by atoms with Gasteiger partial charge in [0.1, 0.15) is 5.51 Å². The van der Waals surface area contributed by atoms with Crippen molar-refractivity contribution in [1.82, 2.24) is 10.2 Å². The van der Waals surface area contributed by atoms with E-state index in [1.807, 2.05) is 13.8 Å². The maximum absolute atomic E-state index is 8.95. The van der Waals surface area contributed by atoms with E-state index in [0.29, 0.717) is 6.54 Å². The molecule has 0 aliphatic carbocycles. The molecule has 1 aromatic heterocycles. The van der Waals surface area contributed by atoms with E-state index in [1.54, 1.807) is 5.51 Å². The number of nitrogens with zero attached hydrogens (tertiary/aromatic N) is 2.